The normalized spacial score (nSPS) is 13.2. The third-order valence-electron chi connectivity index (χ3n) is 3.70. The largest absolute Gasteiger partial charge is 0.346 e. The second-order valence-electron chi connectivity index (χ2n) is 5.62. The zero-order valence-corrected chi connectivity index (χ0v) is 13.9. The van der Waals surface area contributed by atoms with Crippen LogP contribution in [0.25, 0.3) is 0 Å². The Morgan fingerprint density at radius 1 is 0.708 bits per heavy atom. The smallest absolute Gasteiger partial charge is 0.244 e. The molecule has 0 fully saturated rings. The molecule has 0 aliphatic rings. The fourth-order valence-corrected chi connectivity index (χ4v) is 2.32. The molecule has 0 saturated carbocycles. The Morgan fingerprint density at radius 3 is 1.38 bits per heavy atom. The summed E-state index contributed by atoms with van der Waals surface area (Å²) in [6.07, 6.45) is 2.51. The Morgan fingerprint density at radius 2 is 1.04 bits per heavy atom. The number of carbonyl (C=O) groups is 2. The van der Waals surface area contributed by atoms with Crippen LogP contribution in [0.3, 0.4) is 0 Å². The van der Waals surface area contributed by atoms with Gasteiger partial charge in [-0.15, -0.1) is 0 Å². The maximum atomic E-state index is 11.9. The minimum atomic E-state index is -0.297. The van der Waals surface area contributed by atoms with Crippen LogP contribution in [0.4, 0.5) is 0 Å². The minimum absolute atomic E-state index is 0.116. The van der Waals surface area contributed by atoms with Crippen molar-refractivity contribution in [2.24, 2.45) is 0 Å². The molecule has 2 aromatic carbocycles. The van der Waals surface area contributed by atoms with E-state index in [1.807, 2.05) is 74.5 Å². The average molecular weight is 322 g/mol. The Bertz CT molecular complexity index is 635. The molecule has 4 heteroatoms. The molecule has 4 nitrogen and oxygen atoms in total. The third kappa shape index (κ3) is 5.39. The van der Waals surface area contributed by atoms with E-state index in [0.29, 0.717) is 0 Å². The van der Waals surface area contributed by atoms with Crippen molar-refractivity contribution in [2.45, 2.75) is 25.9 Å². The van der Waals surface area contributed by atoms with E-state index >= 15 is 0 Å². The monoisotopic (exact) mass is 322 g/mol. The van der Waals surface area contributed by atoms with Gasteiger partial charge >= 0.3 is 0 Å². The molecule has 0 heterocycles. The highest BCUT2D eigenvalue weighted by Gasteiger charge is 2.09. The van der Waals surface area contributed by atoms with Gasteiger partial charge in [0.2, 0.25) is 11.8 Å². The van der Waals surface area contributed by atoms with Crippen molar-refractivity contribution in [3.63, 3.8) is 0 Å². The summed E-state index contributed by atoms with van der Waals surface area (Å²) in [6, 6.07) is 19.1. The summed E-state index contributed by atoms with van der Waals surface area (Å²) in [7, 11) is 0. The van der Waals surface area contributed by atoms with Gasteiger partial charge < -0.3 is 10.6 Å². The Kier molecular flexibility index (Phi) is 6.32. The molecule has 2 rings (SSSR count). The van der Waals surface area contributed by atoms with E-state index in [9.17, 15) is 9.59 Å². The molecule has 0 bridgehead atoms. The van der Waals surface area contributed by atoms with E-state index in [4.69, 9.17) is 0 Å². The standard InChI is InChI=1S/C20H22N2O2/c1-15(17-9-5-3-6-10-17)21-19(23)13-14-20(24)22-16(2)18-11-7-4-8-12-18/h3-16H,1-2H3,(H,21,23)(H,22,24). The van der Waals surface area contributed by atoms with Gasteiger partial charge in [-0.05, 0) is 25.0 Å². The highest BCUT2D eigenvalue weighted by Crippen LogP contribution is 2.11. The van der Waals surface area contributed by atoms with Gasteiger partial charge in [0.1, 0.15) is 0 Å². The van der Waals surface area contributed by atoms with Crippen LogP contribution in [-0.2, 0) is 9.59 Å². The molecule has 2 unspecified atom stereocenters. The van der Waals surface area contributed by atoms with E-state index in [-0.39, 0.29) is 23.9 Å². The van der Waals surface area contributed by atoms with Gasteiger partial charge in [0.05, 0.1) is 12.1 Å². The topological polar surface area (TPSA) is 58.2 Å². The summed E-state index contributed by atoms with van der Waals surface area (Å²) in [5, 5.41) is 5.66. The van der Waals surface area contributed by atoms with Crippen molar-refractivity contribution in [1.29, 1.82) is 0 Å². The van der Waals surface area contributed by atoms with E-state index in [0.717, 1.165) is 11.1 Å². The number of hydrogen-bond acceptors (Lipinski definition) is 2. The van der Waals surface area contributed by atoms with Crippen molar-refractivity contribution in [3.8, 4) is 0 Å². The van der Waals surface area contributed by atoms with Gasteiger partial charge in [-0.1, -0.05) is 60.7 Å². The molecule has 2 aromatic rings. The van der Waals surface area contributed by atoms with Gasteiger partial charge in [-0.2, -0.15) is 0 Å². The summed E-state index contributed by atoms with van der Waals surface area (Å²) < 4.78 is 0. The number of nitrogens with one attached hydrogen (secondary N) is 2. The minimum Gasteiger partial charge on any atom is -0.346 e. The summed E-state index contributed by atoms with van der Waals surface area (Å²) in [5.74, 6) is -0.595. The Labute approximate surface area is 142 Å². The quantitative estimate of drug-likeness (QED) is 0.802. The fraction of sp³-hybridized carbons (Fsp3) is 0.200. The Balaban J connectivity index is 1.83. The van der Waals surface area contributed by atoms with Crippen molar-refractivity contribution in [1.82, 2.24) is 10.6 Å². The van der Waals surface area contributed by atoms with Crippen molar-refractivity contribution < 1.29 is 9.59 Å². The molecule has 0 spiro atoms. The highest BCUT2D eigenvalue weighted by molar-refractivity contribution is 5.96. The fourth-order valence-electron chi connectivity index (χ4n) is 2.32. The highest BCUT2D eigenvalue weighted by atomic mass is 16.2. The van der Waals surface area contributed by atoms with Crippen molar-refractivity contribution in [3.05, 3.63) is 83.9 Å². The first-order valence-electron chi connectivity index (χ1n) is 7.95. The van der Waals surface area contributed by atoms with Gasteiger partial charge in [0.25, 0.3) is 0 Å². The van der Waals surface area contributed by atoms with Crippen LogP contribution in [0.1, 0.15) is 37.1 Å². The number of carbonyl (C=O) groups excluding carboxylic acids is 2. The van der Waals surface area contributed by atoms with Crippen molar-refractivity contribution in [2.75, 3.05) is 0 Å². The average Bonchev–Trinajstić information content (AvgIpc) is 2.61. The maximum absolute atomic E-state index is 11.9. The molecule has 2 atom stereocenters. The molecular weight excluding hydrogens is 300 g/mol. The second kappa shape index (κ2) is 8.67. The SMILES string of the molecule is CC(NC(=O)C=CC(=O)NC(C)c1ccccc1)c1ccccc1. The predicted molar refractivity (Wildman–Crippen MR) is 95.1 cm³/mol. The van der Waals surface area contributed by atoms with Crippen molar-refractivity contribution >= 4 is 11.8 Å². The van der Waals surface area contributed by atoms with Crippen LogP contribution in [0, 0.1) is 0 Å². The van der Waals surface area contributed by atoms with Gasteiger partial charge in [-0.3, -0.25) is 9.59 Å². The first-order chi connectivity index (χ1) is 11.6. The number of hydrogen-bond donors (Lipinski definition) is 2. The molecule has 0 radical (unpaired) electrons. The summed E-state index contributed by atoms with van der Waals surface area (Å²) >= 11 is 0. The molecule has 0 saturated heterocycles. The Hall–Kier alpha value is -2.88. The van der Waals surface area contributed by atoms with Gasteiger partial charge in [-0.25, -0.2) is 0 Å². The predicted octanol–water partition coefficient (Wildman–Crippen LogP) is 3.30. The third-order valence-corrected chi connectivity index (χ3v) is 3.70. The first-order valence-corrected chi connectivity index (χ1v) is 7.95. The molecule has 0 aliphatic heterocycles. The zero-order chi connectivity index (χ0) is 17.4. The first kappa shape index (κ1) is 17.5. The van der Waals surface area contributed by atoms with Crippen LogP contribution in [0.15, 0.2) is 72.8 Å². The second-order valence-corrected chi connectivity index (χ2v) is 5.62. The van der Waals surface area contributed by atoms with Crippen LogP contribution in [0.2, 0.25) is 0 Å². The summed E-state index contributed by atoms with van der Waals surface area (Å²) in [5.41, 5.74) is 2.03. The molecule has 2 N–H and O–H groups in total. The maximum Gasteiger partial charge on any atom is 0.244 e. The van der Waals surface area contributed by atoms with Crippen LogP contribution >= 0.6 is 0 Å². The lowest BCUT2D eigenvalue weighted by molar-refractivity contribution is -0.119. The number of rotatable bonds is 6. The van der Waals surface area contributed by atoms with E-state index in [2.05, 4.69) is 10.6 Å². The molecule has 0 aliphatic carbocycles. The van der Waals surface area contributed by atoms with Gasteiger partial charge in [0, 0.05) is 12.2 Å². The molecule has 2 amide bonds. The van der Waals surface area contributed by atoms with Gasteiger partial charge in [0.15, 0.2) is 0 Å². The zero-order valence-electron chi connectivity index (χ0n) is 13.9. The van der Waals surface area contributed by atoms with E-state index in [1.54, 1.807) is 0 Å². The summed E-state index contributed by atoms with van der Waals surface area (Å²) in [6.45, 7) is 3.80. The molecule has 24 heavy (non-hydrogen) atoms. The van der Waals surface area contributed by atoms with Crippen LogP contribution in [0.5, 0.6) is 0 Å². The molecular formula is C20H22N2O2. The number of benzene rings is 2. The lowest BCUT2D eigenvalue weighted by atomic mass is 10.1. The summed E-state index contributed by atoms with van der Waals surface area (Å²) in [4.78, 5) is 23.8. The van der Waals surface area contributed by atoms with E-state index < -0.39 is 0 Å². The van der Waals surface area contributed by atoms with Crippen LogP contribution in [-0.4, -0.2) is 11.8 Å². The lowest BCUT2D eigenvalue weighted by Gasteiger charge is -2.13. The lowest BCUT2D eigenvalue weighted by Crippen LogP contribution is -2.27. The molecule has 0 aromatic heterocycles. The number of amides is 2. The van der Waals surface area contributed by atoms with Crippen LogP contribution < -0.4 is 10.6 Å². The molecule has 124 valence electrons. The van der Waals surface area contributed by atoms with E-state index in [1.165, 1.54) is 12.2 Å².